The van der Waals surface area contributed by atoms with Crippen molar-refractivity contribution in [3.63, 3.8) is 0 Å². The molecular weight excluding hydrogens is 304 g/mol. The molecule has 0 radical (unpaired) electrons. The molecule has 116 valence electrons. The van der Waals surface area contributed by atoms with E-state index in [0.717, 1.165) is 5.56 Å². The van der Waals surface area contributed by atoms with Crippen LogP contribution in [0.4, 0.5) is 0 Å². The first kappa shape index (κ1) is 16.1. The Balaban J connectivity index is 2.10. The summed E-state index contributed by atoms with van der Waals surface area (Å²) < 4.78 is 6.45. The lowest BCUT2D eigenvalue weighted by Crippen LogP contribution is -2.32. The zero-order valence-electron chi connectivity index (χ0n) is 12.2. The number of nitrogens with zero attached hydrogens (tertiary/aromatic N) is 1. The number of halogens is 1. The van der Waals surface area contributed by atoms with E-state index < -0.39 is 5.97 Å². The van der Waals surface area contributed by atoms with Crippen molar-refractivity contribution < 1.29 is 14.3 Å². The van der Waals surface area contributed by atoms with E-state index in [4.69, 9.17) is 11.6 Å². The summed E-state index contributed by atoms with van der Waals surface area (Å²) in [6, 6.07) is 11.0. The van der Waals surface area contributed by atoms with Crippen LogP contribution in [0, 0.1) is 0 Å². The van der Waals surface area contributed by atoms with E-state index in [1.807, 2.05) is 41.2 Å². The molecule has 0 saturated heterocycles. The molecule has 0 unspecified atom stereocenters. The maximum Gasteiger partial charge on any atom is 0.325 e. The van der Waals surface area contributed by atoms with E-state index in [2.05, 4.69) is 10.1 Å². The number of methoxy groups -OCH3 is 1. The van der Waals surface area contributed by atoms with Crippen molar-refractivity contribution in [1.82, 2.24) is 9.88 Å². The van der Waals surface area contributed by atoms with E-state index in [9.17, 15) is 9.59 Å². The molecule has 0 spiro atoms. The third kappa shape index (κ3) is 4.36. The zero-order valence-corrected chi connectivity index (χ0v) is 12.9. The van der Waals surface area contributed by atoms with Crippen LogP contribution in [0.1, 0.15) is 18.0 Å². The Labute approximate surface area is 133 Å². The number of hydrogen-bond donors (Lipinski definition) is 1. The van der Waals surface area contributed by atoms with Crippen molar-refractivity contribution in [3.8, 4) is 0 Å². The van der Waals surface area contributed by atoms with Gasteiger partial charge in [0, 0.05) is 17.4 Å². The van der Waals surface area contributed by atoms with E-state index >= 15 is 0 Å². The minimum atomic E-state index is -0.475. The standard InChI is InChI=1S/C16H17ClN2O3/c1-22-16(21)11-18-15(20)10-14(19-8-2-3-9-19)12-4-6-13(17)7-5-12/h2-9,14H,10-11H2,1H3,(H,18,20)/t14-/m1/s1. The van der Waals surface area contributed by atoms with E-state index in [0.29, 0.717) is 5.02 Å². The first-order chi connectivity index (χ1) is 10.6. The minimum Gasteiger partial charge on any atom is -0.468 e. The highest BCUT2D eigenvalue weighted by Crippen LogP contribution is 2.23. The minimum absolute atomic E-state index is 0.131. The van der Waals surface area contributed by atoms with Crippen LogP contribution >= 0.6 is 11.6 Å². The number of carbonyl (C=O) groups is 2. The summed E-state index contributed by atoms with van der Waals surface area (Å²) in [5, 5.41) is 3.20. The molecule has 1 amide bonds. The predicted octanol–water partition coefficient (Wildman–Crippen LogP) is 2.41. The van der Waals surface area contributed by atoms with Crippen molar-refractivity contribution in [2.45, 2.75) is 12.5 Å². The molecule has 6 heteroatoms. The van der Waals surface area contributed by atoms with Crippen LogP contribution in [0.15, 0.2) is 48.8 Å². The van der Waals surface area contributed by atoms with Gasteiger partial charge in [-0.3, -0.25) is 9.59 Å². The molecular formula is C16H17ClN2O3. The van der Waals surface area contributed by atoms with Crippen molar-refractivity contribution in [2.24, 2.45) is 0 Å². The third-order valence-corrected chi connectivity index (χ3v) is 3.53. The summed E-state index contributed by atoms with van der Waals surface area (Å²) >= 11 is 5.91. The average molecular weight is 321 g/mol. The van der Waals surface area contributed by atoms with Crippen molar-refractivity contribution in [3.05, 3.63) is 59.4 Å². The van der Waals surface area contributed by atoms with Crippen molar-refractivity contribution in [1.29, 1.82) is 0 Å². The predicted molar refractivity (Wildman–Crippen MR) is 83.7 cm³/mol. The van der Waals surface area contributed by atoms with Crippen LogP contribution in [0.25, 0.3) is 0 Å². The number of hydrogen-bond acceptors (Lipinski definition) is 3. The molecule has 2 rings (SSSR count). The van der Waals surface area contributed by atoms with Gasteiger partial charge < -0.3 is 14.6 Å². The molecule has 1 aromatic heterocycles. The zero-order chi connectivity index (χ0) is 15.9. The lowest BCUT2D eigenvalue weighted by molar-refractivity contribution is -0.141. The number of benzene rings is 1. The molecule has 0 fully saturated rings. The smallest absolute Gasteiger partial charge is 0.325 e. The quantitative estimate of drug-likeness (QED) is 0.831. The second-order valence-electron chi connectivity index (χ2n) is 4.75. The normalized spacial score (nSPS) is 11.7. The maximum absolute atomic E-state index is 12.1. The Morgan fingerprint density at radius 1 is 1.23 bits per heavy atom. The Bertz CT molecular complexity index is 623. The lowest BCUT2D eigenvalue weighted by atomic mass is 10.0. The summed E-state index contributed by atoms with van der Waals surface area (Å²) in [6.45, 7) is -0.131. The molecule has 2 aromatic rings. The molecule has 0 aliphatic rings. The fourth-order valence-electron chi connectivity index (χ4n) is 2.13. The Morgan fingerprint density at radius 2 is 1.86 bits per heavy atom. The largest absolute Gasteiger partial charge is 0.468 e. The molecule has 1 heterocycles. The third-order valence-electron chi connectivity index (χ3n) is 3.28. The van der Waals surface area contributed by atoms with E-state index in [-0.39, 0.29) is 24.9 Å². The first-order valence-corrected chi connectivity index (χ1v) is 7.19. The van der Waals surface area contributed by atoms with Gasteiger partial charge in [-0.25, -0.2) is 0 Å². The number of ether oxygens (including phenoxy) is 1. The van der Waals surface area contributed by atoms with Gasteiger partial charge in [0.25, 0.3) is 0 Å². The summed E-state index contributed by atoms with van der Waals surface area (Å²) in [6.07, 6.45) is 4.01. The van der Waals surface area contributed by atoms with Crippen LogP contribution in [0.5, 0.6) is 0 Å². The topological polar surface area (TPSA) is 60.3 Å². The summed E-state index contributed by atoms with van der Waals surface area (Å²) in [4.78, 5) is 23.1. The highest BCUT2D eigenvalue weighted by molar-refractivity contribution is 6.30. The fourth-order valence-corrected chi connectivity index (χ4v) is 2.25. The van der Waals surface area contributed by atoms with Gasteiger partial charge in [0.2, 0.25) is 5.91 Å². The number of carbonyl (C=O) groups excluding carboxylic acids is 2. The van der Waals surface area contributed by atoms with Gasteiger partial charge in [0.05, 0.1) is 19.6 Å². The molecule has 0 bridgehead atoms. The van der Waals surface area contributed by atoms with Crippen LogP contribution in [0.2, 0.25) is 5.02 Å². The monoisotopic (exact) mass is 320 g/mol. The Hall–Kier alpha value is -2.27. The number of aromatic nitrogens is 1. The Morgan fingerprint density at radius 3 is 2.45 bits per heavy atom. The SMILES string of the molecule is COC(=O)CNC(=O)C[C@H](c1ccc(Cl)cc1)n1cccc1. The number of esters is 1. The van der Waals surface area contributed by atoms with Crippen LogP contribution in [-0.2, 0) is 14.3 Å². The van der Waals surface area contributed by atoms with Crippen LogP contribution in [-0.4, -0.2) is 30.1 Å². The highest BCUT2D eigenvalue weighted by Gasteiger charge is 2.17. The maximum atomic E-state index is 12.1. The number of nitrogens with one attached hydrogen (secondary N) is 1. The van der Waals surface area contributed by atoms with Crippen LogP contribution in [0.3, 0.4) is 0 Å². The summed E-state index contributed by atoms with van der Waals surface area (Å²) in [5.41, 5.74) is 0.966. The van der Waals surface area contributed by atoms with E-state index in [1.54, 1.807) is 12.1 Å². The van der Waals surface area contributed by atoms with Gasteiger partial charge in [-0.1, -0.05) is 23.7 Å². The van der Waals surface area contributed by atoms with Gasteiger partial charge in [-0.2, -0.15) is 0 Å². The number of rotatable bonds is 6. The molecule has 1 N–H and O–H groups in total. The first-order valence-electron chi connectivity index (χ1n) is 6.81. The molecule has 0 aliphatic heterocycles. The van der Waals surface area contributed by atoms with Crippen molar-refractivity contribution >= 4 is 23.5 Å². The molecule has 1 aromatic carbocycles. The fraction of sp³-hybridized carbons (Fsp3) is 0.250. The van der Waals surface area contributed by atoms with Gasteiger partial charge >= 0.3 is 5.97 Å². The molecule has 5 nitrogen and oxygen atoms in total. The number of amides is 1. The molecule has 1 atom stereocenters. The molecule has 0 aliphatic carbocycles. The molecule has 22 heavy (non-hydrogen) atoms. The van der Waals surface area contributed by atoms with Gasteiger partial charge in [-0.05, 0) is 29.8 Å². The van der Waals surface area contributed by atoms with E-state index in [1.165, 1.54) is 7.11 Å². The second-order valence-corrected chi connectivity index (χ2v) is 5.19. The van der Waals surface area contributed by atoms with Gasteiger partial charge in [0.1, 0.15) is 6.54 Å². The summed E-state index contributed by atoms with van der Waals surface area (Å²) in [5.74, 6) is -0.698. The van der Waals surface area contributed by atoms with Crippen LogP contribution < -0.4 is 5.32 Å². The Kier molecular flexibility index (Phi) is 5.61. The lowest BCUT2D eigenvalue weighted by Gasteiger charge is -2.19. The average Bonchev–Trinajstić information content (AvgIpc) is 3.05. The highest BCUT2D eigenvalue weighted by atomic mass is 35.5. The van der Waals surface area contributed by atoms with Gasteiger partial charge in [0.15, 0.2) is 0 Å². The second kappa shape index (κ2) is 7.66. The summed E-state index contributed by atoms with van der Waals surface area (Å²) in [7, 11) is 1.28. The van der Waals surface area contributed by atoms with Gasteiger partial charge in [-0.15, -0.1) is 0 Å². The van der Waals surface area contributed by atoms with Crippen molar-refractivity contribution in [2.75, 3.05) is 13.7 Å². The molecule has 0 saturated carbocycles.